The third-order valence-corrected chi connectivity index (χ3v) is 9.47. The first kappa shape index (κ1) is 20.2. The van der Waals surface area contributed by atoms with Crippen LogP contribution in [0.25, 0.3) is 0 Å². The summed E-state index contributed by atoms with van der Waals surface area (Å²) in [5, 5.41) is 23.2. The van der Waals surface area contributed by atoms with E-state index in [1.807, 2.05) is 6.07 Å². The quantitative estimate of drug-likeness (QED) is 0.564. The standard InChI is InChI=1S/C25H31N3O5/c26-15-5-7-28(12-15)23(31)16-10-25(32)18-9-14-3-4-17(29)21-19(14)24(25,22(33-21)20(16)30)6-8-27(18)11-13-1-2-13/h3-4,13,15-16,18,22,29,32H,1-2,5-12,26H2/t15-,16?,18-,22+,24+,25-/m1/s1. The molecule has 0 radical (unpaired) electrons. The molecule has 7 rings (SSSR count). The van der Waals surface area contributed by atoms with Crippen molar-refractivity contribution in [1.29, 1.82) is 0 Å². The Kier molecular flexibility index (Phi) is 3.98. The molecule has 2 saturated heterocycles. The van der Waals surface area contributed by atoms with E-state index < -0.39 is 23.0 Å². The highest BCUT2D eigenvalue weighted by atomic mass is 16.5. The molecule has 1 unspecified atom stereocenters. The maximum Gasteiger partial charge on any atom is 0.233 e. The van der Waals surface area contributed by atoms with Crippen LogP contribution >= 0.6 is 0 Å². The number of phenols is 1. The van der Waals surface area contributed by atoms with Crippen LogP contribution in [0.4, 0.5) is 0 Å². The summed E-state index contributed by atoms with van der Waals surface area (Å²) in [5.74, 6) is -0.446. The number of ketones is 1. The van der Waals surface area contributed by atoms with Crippen LogP contribution in [0.1, 0.15) is 43.2 Å². The van der Waals surface area contributed by atoms with Crippen LogP contribution < -0.4 is 10.5 Å². The number of hydrogen-bond donors (Lipinski definition) is 3. The molecule has 0 aromatic heterocycles. The Morgan fingerprint density at radius 3 is 2.79 bits per heavy atom. The lowest BCUT2D eigenvalue weighted by molar-refractivity contribution is -0.200. The number of carbonyl (C=O) groups excluding carboxylic acids is 2. The van der Waals surface area contributed by atoms with Gasteiger partial charge in [-0.25, -0.2) is 0 Å². The predicted octanol–water partition coefficient (Wildman–Crippen LogP) is 0.311. The topological polar surface area (TPSA) is 116 Å². The molecule has 8 heteroatoms. The lowest BCUT2D eigenvalue weighted by Gasteiger charge is -2.63. The Hall–Kier alpha value is -2.16. The molecule has 1 aromatic rings. The van der Waals surface area contributed by atoms with Gasteiger partial charge < -0.3 is 25.6 Å². The molecule has 3 heterocycles. The van der Waals surface area contributed by atoms with Crippen LogP contribution in [-0.2, 0) is 21.4 Å². The van der Waals surface area contributed by atoms with Crippen molar-refractivity contribution in [2.24, 2.45) is 17.6 Å². The van der Waals surface area contributed by atoms with Crippen molar-refractivity contribution in [2.45, 2.75) is 67.7 Å². The highest BCUT2D eigenvalue weighted by molar-refractivity contribution is 6.06. The zero-order chi connectivity index (χ0) is 22.7. The summed E-state index contributed by atoms with van der Waals surface area (Å²) in [6.07, 6.45) is 3.55. The van der Waals surface area contributed by atoms with Gasteiger partial charge >= 0.3 is 0 Å². The largest absolute Gasteiger partial charge is 0.504 e. The SMILES string of the molecule is N[C@@H]1CCN(C(=O)C2C[C@@]3(O)[C@H]4Cc5ccc(O)c6c5[C@@]3(CCN4CC3CC3)[C@@H](O6)C2=O)C1. The Balaban J connectivity index is 1.35. The van der Waals surface area contributed by atoms with E-state index in [9.17, 15) is 19.8 Å². The first-order valence-electron chi connectivity index (χ1n) is 12.4. The van der Waals surface area contributed by atoms with E-state index in [2.05, 4.69) is 4.90 Å². The zero-order valence-corrected chi connectivity index (χ0v) is 18.7. The van der Waals surface area contributed by atoms with Gasteiger partial charge in [0.15, 0.2) is 23.4 Å². The fourth-order valence-corrected chi connectivity index (χ4v) is 7.72. The fraction of sp³-hybridized carbons (Fsp3) is 0.680. The van der Waals surface area contributed by atoms with Crippen molar-refractivity contribution < 1.29 is 24.5 Å². The Morgan fingerprint density at radius 1 is 1.24 bits per heavy atom. The molecule has 6 aliphatic rings. The fourth-order valence-electron chi connectivity index (χ4n) is 7.72. The average molecular weight is 454 g/mol. The number of piperidine rings is 1. The molecule has 6 atom stereocenters. The molecular weight excluding hydrogens is 422 g/mol. The number of phenolic OH excluding ortho intramolecular Hbond substituents is 1. The van der Waals surface area contributed by atoms with E-state index in [-0.39, 0.29) is 35.9 Å². The first-order chi connectivity index (χ1) is 15.8. The lowest BCUT2D eigenvalue weighted by atomic mass is 9.47. The second-order valence-corrected chi connectivity index (χ2v) is 11.2. The Morgan fingerprint density at radius 2 is 2.06 bits per heavy atom. The van der Waals surface area contributed by atoms with Gasteiger partial charge in [0.2, 0.25) is 5.91 Å². The number of rotatable bonds is 3. The van der Waals surface area contributed by atoms with Gasteiger partial charge in [-0.2, -0.15) is 0 Å². The Bertz CT molecular complexity index is 1070. The molecule has 1 spiro atoms. The number of carbonyl (C=O) groups is 2. The first-order valence-corrected chi connectivity index (χ1v) is 12.4. The van der Waals surface area contributed by atoms with Crippen LogP contribution in [0, 0.1) is 11.8 Å². The number of ether oxygens (including phenoxy) is 1. The third kappa shape index (κ3) is 2.47. The van der Waals surface area contributed by atoms with Crippen molar-refractivity contribution in [3.8, 4) is 11.5 Å². The second-order valence-electron chi connectivity index (χ2n) is 11.2. The van der Waals surface area contributed by atoms with Gasteiger partial charge in [0.1, 0.15) is 5.92 Å². The molecular formula is C25H31N3O5. The van der Waals surface area contributed by atoms with Crippen molar-refractivity contribution >= 4 is 11.7 Å². The number of amides is 1. The highest BCUT2D eigenvalue weighted by Gasteiger charge is 2.75. The molecule has 4 fully saturated rings. The summed E-state index contributed by atoms with van der Waals surface area (Å²) in [7, 11) is 0. The number of Topliss-reactive ketones (excluding diaryl/α,β-unsaturated/α-hetero) is 1. The number of benzene rings is 1. The van der Waals surface area contributed by atoms with E-state index in [0.717, 1.165) is 30.6 Å². The highest BCUT2D eigenvalue weighted by Crippen LogP contribution is 2.65. The summed E-state index contributed by atoms with van der Waals surface area (Å²) in [6, 6.07) is 3.30. The number of likely N-dealkylation sites (tertiary alicyclic amines) is 2. The molecule has 3 aliphatic heterocycles. The van der Waals surface area contributed by atoms with E-state index >= 15 is 0 Å². The van der Waals surface area contributed by atoms with E-state index in [1.54, 1.807) is 11.0 Å². The molecule has 3 aliphatic carbocycles. The minimum Gasteiger partial charge on any atom is -0.504 e. The van der Waals surface area contributed by atoms with E-state index in [1.165, 1.54) is 12.8 Å². The van der Waals surface area contributed by atoms with Gasteiger partial charge in [-0.1, -0.05) is 6.07 Å². The number of hydrogen-bond acceptors (Lipinski definition) is 7. The molecule has 1 amide bonds. The van der Waals surface area contributed by atoms with Crippen molar-refractivity contribution in [1.82, 2.24) is 9.80 Å². The van der Waals surface area contributed by atoms with Crippen molar-refractivity contribution in [2.75, 3.05) is 26.2 Å². The molecule has 2 saturated carbocycles. The van der Waals surface area contributed by atoms with Crippen molar-refractivity contribution in [3.05, 3.63) is 23.3 Å². The van der Waals surface area contributed by atoms with Crippen LogP contribution in [0.5, 0.6) is 11.5 Å². The van der Waals surface area contributed by atoms with Gasteiger partial charge in [0.05, 0.1) is 11.0 Å². The molecule has 4 N–H and O–H groups in total. The predicted molar refractivity (Wildman–Crippen MR) is 118 cm³/mol. The number of aliphatic hydroxyl groups is 1. The van der Waals surface area contributed by atoms with Crippen LogP contribution in [0.3, 0.4) is 0 Å². The molecule has 33 heavy (non-hydrogen) atoms. The molecule has 1 aromatic carbocycles. The summed E-state index contributed by atoms with van der Waals surface area (Å²) in [4.78, 5) is 31.4. The second kappa shape index (κ2) is 6.49. The van der Waals surface area contributed by atoms with Gasteiger partial charge in [0.25, 0.3) is 0 Å². The van der Waals surface area contributed by atoms with Crippen LogP contribution in [0.2, 0.25) is 0 Å². The Labute approximate surface area is 192 Å². The maximum atomic E-state index is 13.8. The van der Waals surface area contributed by atoms with Crippen LogP contribution in [0.15, 0.2) is 12.1 Å². The van der Waals surface area contributed by atoms with Gasteiger partial charge in [-0.15, -0.1) is 0 Å². The van der Waals surface area contributed by atoms with E-state index in [0.29, 0.717) is 37.6 Å². The smallest absolute Gasteiger partial charge is 0.233 e. The van der Waals surface area contributed by atoms with Crippen LogP contribution in [-0.4, -0.2) is 81.7 Å². The summed E-state index contributed by atoms with van der Waals surface area (Å²) >= 11 is 0. The van der Waals surface area contributed by atoms with Crippen molar-refractivity contribution in [3.63, 3.8) is 0 Å². The lowest BCUT2D eigenvalue weighted by Crippen LogP contribution is -2.78. The van der Waals surface area contributed by atoms with Gasteiger partial charge in [0, 0.05) is 37.3 Å². The third-order valence-electron chi connectivity index (χ3n) is 9.47. The zero-order valence-electron chi connectivity index (χ0n) is 18.7. The molecule has 8 nitrogen and oxygen atoms in total. The normalized spacial score (nSPS) is 41.2. The van der Waals surface area contributed by atoms with E-state index in [4.69, 9.17) is 10.5 Å². The summed E-state index contributed by atoms with van der Waals surface area (Å²) in [6.45, 7) is 2.72. The summed E-state index contributed by atoms with van der Waals surface area (Å²) in [5.41, 5.74) is 5.70. The number of nitrogens with zero attached hydrogens (tertiary/aromatic N) is 2. The number of nitrogens with two attached hydrogens (primary N) is 1. The number of aromatic hydroxyl groups is 1. The monoisotopic (exact) mass is 453 g/mol. The van der Waals surface area contributed by atoms with Gasteiger partial charge in [-0.3, -0.25) is 14.5 Å². The molecule has 176 valence electrons. The minimum atomic E-state index is -1.27. The van der Waals surface area contributed by atoms with Gasteiger partial charge in [-0.05, 0) is 62.6 Å². The molecule has 2 bridgehead atoms. The average Bonchev–Trinajstić information content (AvgIpc) is 3.37. The summed E-state index contributed by atoms with van der Waals surface area (Å²) < 4.78 is 6.21. The maximum absolute atomic E-state index is 13.8. The minimum absolute atomic E-state index is 0.0000667.